The molecule has 0 fully saturated rings. The Morgan fingerprint density at radius 2 is 2.39 bits per heavy atom. The van der Waals surface area contributed by atoms with E-state index in [2.05, 4.69) is 20.5 Å². The molecule has 2 aromatic rings. The Morgan fingerprint density at radius 3 is 2.94 bits per heavy atom. The number of H-pyrrole nitrogens is 1. The van der Waals surface area contributed by atoms with Crippen molar-refractivity contribution in [3.05, 3.63) is 30.1 Å². The molecule has 0 aliphatic heterocycles. The average molecular weight is 247 g/mol. The Balaban J connectivity index is 2.03. The van der Waals surface area contributed by atoms with Crippen molar-refractivity contribution < 1.29 is 9.53 Å². The number of carbonyl (C=O) groups excluding carboxylic acids is 1. The number of nitrogens with two attached hydrogens (primary N) is 1. The molecule has 0 aliphatic carbocycles. The van der Waals surface area contributed by atoms with Gasteiger partial charge in [-0.25, -0.2) is 4.98 Å². The Labute approximate surface area is 103 Å². The quantitative estimate of drug-likeness (QED) is 0.748. The van der Waals surface area contributed by atoms with E-state index in [4.69, 9.17) is 10.5 Å². The highest BCUT2D eigenvalue weighted by atomic mass is 16.5. The van der Waals surface area contributed by atoms with E-state index in [9.17, 15) is 4.79 Å². The summed E-state index contributed by atoms with van der Waals surface area (Å²) in [5, 5.41) is 8.86. The molecule has 7 heteroatoms. The fraction of sp³-hybridized carbons (Fsp3) is 0.182. The third-order valence-corrected chi connectivity index (χ3v) is 2.13. The summed E-state index contributed by atoms with van der Waals surface area (Å²) >= 11 is 0. The number of anilines is 2. The second-order valence-corrected chi connectivity index (χ2v) is 3.48. The molecule has 0 bridgehead atoms. The molecule has 0 saturated carbocycles. The van der Waals surface area contributed by atoms with Gasteiger partial charge in [0.2, 0.25) is 5.88 Å². The minimum absolute atomic E-state index is 0.268. The maximum absolute atomic E-state index is 11.7. The van der Waals surface area contributed by atoms with Gasteiger partial charge >= 0.3 is 0 Å². The van der Waals surface area contributed by atoms with E-state index >= 15 is 0 Å². The maximum Gasteiger partial charge on any atom is 0.273 e. The van der Waals surface area contributed by atoms with Crippen molar-refractivity contribution in [2.75, 3.05) is 17.7 Å². The highest BCUT2D eigenvalue weighted by Gasteiger charge is 2.09. The van der Waals surface area contributed by atoms with Gasteiger partial charge in [-0.15, -0.1) is 0 Å². The molecule has 0 aliphatic rings. The van der Waals surface area contributed by atoms with Crippen LogP contribution < -0.4 is 15.8 Å². The SMILES string of the molecule is CCOc1ccc(NC(=O)c2cc(N)n[nH]2)cn1. The lowest BCUT2D eigenvalue weighted by atomic mass is 10.3. The van der Waals surface area contributed by atoms with Crippen LogP contribution in [-0.2, 0) is 0 Å². The van der Waals surface area contributed by atoms with Gasteiger partial charge < -0.3 is 15.8 Å². The van der Waals surface area contributed by atoms with Crippen LogP contribution in [0.5, 0.6) is 5.88 Å². The summed E-state index contributed by atoms with van der Waals surface area (Å²) in [4.78, 5) is 15.8. The largest absolute Gasteiger partial charge is 0.478 e. The van der Waals surface area contributed by atoms with Crippen LogP contribution in [0.3, 0.4) is 0 Å². The van der Waals surface area contributed by atoms with E-state index in [1.54, 1.807) is 12.1 Å². The van der Waals surface area contributed by atoms with Crippen molar-refractivity contribution in [1.82, 2.24) is 15.2 Å². The lowest BCUT2D eigenvalue weighted by Gasteiger charge is -2.04. The second kappa shape index (κ2) is 5.17. The predicted molar refractivity (Wildman–Crippen MR) is 66.4 cm³/mol. The fourth-order valence-corrected chi connectivity index (χ4v) is 1.34. The van der Waals surface area contributed by atoms with Gasteiger partial charge in [0.15, 0.2) is 0 Å². The molecule has 0 spiro atoms. The molecular weight excluding hydrogens is 234 g/mol. The van der Waals surface area contributed by atoms with Crippen molar-refractivity contribution in [3.8, 4) is 5.88 Å². The first-order valence-corrected chi connectivity index (χ1v) is 5.40. The fourth-order valence-electron chi connectivity index (χ4n) is 1.34. The van der Waals surface area contributed by atoms with Crippen LogP contribution in [0, 0.1) is 0 Å². The Morgan fingerprint density at radius 1 is 1.56 bits per heavy atom. The summed E-state index contributed by atoms with van der Waals surface area (Å²) in [6, 6.07) is 4.84. The molecule has 0 aromatic carbocycles. The molecule has 0 radical (unpaired) electrons. The second-order valence-electron chi connectivity index (χ2n) is 3.48. The zero-order chi connectivity index (χ0) is 13.0. The van der Waals surface area contributed by atoms with Crippen LogP contribution >= 0.6 is 0 Å². The van der Waals surface area contributed by atoms with Crippen LogP contribution in [-0.4, -0.2) is 27.7 Å². The highest BCUT2D eigenvalue weighted by Crippen LogP contribution is 2.12. The van der Waals surface area contributed by atoms with Gasteiger partial charge in [-0.05, 0) is 13.0 Å². The number of hydrogen-bond donors (Lipinski definition) is 3. The van der Waals surface area contributed by atoms with E-state index in [-0.39, 0.29) is 11.7 Å². The van der Waals surface area contributed by atoms with Crippen molar-refractivity contribution in [2.45, 2.75) is 6.92 Å². The van der Waals surface area contributed by atoms with Gasteiger partial charge in [0.1, 0.15) is 11.5 Å². The maximum atomic E-state index is 11.7. The monoisotopic (exact) mass is 247 g/mol. The molecular formula is C11H13N5O2. The smallest absolute Gasteiger partial charge is 0.273 e. The molecule has 2 rings (SSSR count). The Kier molecular flexibility index (Phi) is 3.42. The van der Waals surface area contributed by atoms with Gasteiger partial charge in [-0.1, -0.05) is 0 Å². The summed E-state index contributed by atoms with van der Waals surface area (Å²) in [7, 11) is 0. The van der Waals surface area contributed by atoms with E-state index in [0.29, 0.717) is 23.9 Å². The van der Waals surface area contributed by atoms with Crippen LogP contribution in [0.25, 0.3) is 0 Å². The van der Waals surface area contributed by atoms with Crippen LogP contribution in [0.15, 0.2) is 24.4 Å². The number of nitrogen functional groups attached to an aromatic ring is 1. The summed E-state index contributed by atoms with van der Waals surface area (Å²) in [5.74, 6) is 0.455. The number of aromatic amines is 1. The number of rotatable bonds is 4. The summed E-state index contributed by atoms with van der Waals surface area (Å²) in [5.41, 5.74) is 6.27. The third kappa shape index (κ3) is 2.76. The Bertz CT molecular complexity index is 535. The molecule has 0 unspecified atom stereocenters. The lowest BCUT2D eigenvalue weighted by Crippen LogP contribution is -2.12. The number of pyridine rings is 1. The standard InChI is InChI=1S/C11H13N5O2/c1-2-18-10-4-3-7(6-13-10)14-11(17)8-5-9(12)16-15-8/h3-6H,2H2,1H3,(H,14,17)(H3,12,15,16). The molecule has 2 heterocycles. The van der Waals surface area contributed by atoms with Gasteiger partial charge in [-0.3, -0.25) is 9.89 Å². The normalized spacial score (nSPS) is 10.1. The first-order valence-electron chi connectivity index (χ1n) is 5.40. The number of hydrogen-bond acceptors (Lipinski definition) is 5. The number of carbonyl (C=O) groups is 1. The lowest BCUT2D eigenvalue weighted by molar-refractivity contribution is 0.102. The van der Waals surface area contributed by atoms with Gasteiger partial charge in [0.05, 0.1) is 18.5 Å². The topological polar surface area (TPSA) is 106 Å². The van der Waals surface area contributed by atoms with E-state index < -0.39 is 0 Å². The molecule has 0 saturated heterocycles. The number of amides is 1. The van der Waals surface area contributed by atoms with Crippen molar-refractivity contribution in [3.63, 3.8) is 0 Å². The Hall–Kier alpha value is -2.57. The van der Waals surface area contributed by atoms with E-state index in [1.807, 2.05) is 6.92 Å². The van der Waals surface area contributed by atoms with Gasteiger partial charge in [0.25, 0.3) is 5.91 Å². The third-order valence-electron chi connectivity index (χ3n) is 2.13. The van der Waals surface area contributed by atoms with Crippen LogP contribution in [0.2, 0.25) is 0 Å². The molecule has 94 valence electrons. The number of aromatic nitrogens is 3. The highest BCUT2D eigenvalue weighted by molar-refractivity contribution is 6.03. The van der Waals surface area contributed by atoms with Crippen molar-refractivity contribution in [2.24, 2.45) is 0 Å². The summed E-state index contributed by atoms with van der Waals surface area (Å²) in [6.45, 7) is 2.42. The van der Waals surface area contributed by atoms with Gasteiger partial charge in [-0.2, -0.15) is 5.10 Å². The number of ether oxygens (including phenoxy) is 1. The molecule has 4 N–H and O–H groups in total. The first kappa shape index (κ1) is 11.9. The average Bonchev–Trinajstić information content (AvgIpc) is 2.79. The molecule has 0 atom stereocenters. The van der Waals surface area contributed by atoms with E-state index in [0.717, 1.165) is 0 Å². The minimum atomic E-state index is -0.329. The van der Waals surface area contributed by atoms with Gasteiger partial charge in [0, 0.05) is 12.1 Å². The zero-order valence-corrected chi connectivity index (χ0v) is 9.80. The molecule has 7 nitrogen and oxygen atoms in total. The first-order chi connectivity index (χ1) is 8.69. The van der Waals surface area contributed by atoms with E-state index in [1.165, 1.54) is 12.3 Å². The minimum Gasteiger partial charge on any atom is -0.478 e. The summed E-state index contributed by atoms with van der Waals surface area (Å²) in [6.07, 6.45) is 1.52. The predicted octanol–water partition coefficient (Wildman–Crippen LogP) is 1.04. The number of nitrogens with one attached hydrogen (secondary N) is 2. The van der Waals surface area contributed by atoms with Crippen LogP contribution in [0.4, 0.5) is 11.5 Å². The van der Waals surface area contributed by atoms with Crippen molar-refractivity contribution in [1.29, 1.82) is 0 Å². The zero-order valence-electron chi connectivity index (χ0n) is 9.80. The summed E-state index contributed by atoms with van der Waals surface area (Å²) < 4.78 is 5.20. The molecule has 18 heavy (non-hydrogen) atoms. The van der Waals surface area contributed by atoms with Crippen molar-refractivity contribution >= 4 is 17.4 Å². The number of nitrogens with zero attached hydrogens (tertiary/aromatic N) is 2. The molecule has 1 amide bonds. The van der Waals surface area contributed by atoms with Crippen LogP contribution in [0.1, 0.15) is 17.4 Å². The molecule has 2 aromatic heterocycles.